The van der Waals surface area contributed by atoms with Crippen molar-refractivity contribution in [3.05, 3.63) is 42.2 Å². The average Bonchev–Trinajstić information content (AvgIpc) is 2.44. The van der Waals surface area contributed by atoms with Gasteiger partial charge in [0.05, 0.1) is 0 Å². The van der Waals surface area contributed by atoms with Gasteiger partial charge in [-0.3, -0.25) is 14.7 Å². The first-order valence-corrected chi connectivity index (χ1v) is 6.48. The number of carbonyl (C=O) groups is 1. The predicted octanol–water partition coefficient (Wildman–Crippen LogP) is 2.70. The summed E-state index contributed by atoms with van der Waals surface area (Å²) in [6, 6.07) is 7.11. The van der Waals surface area contributed by atoms with E-state index in [1.807, 2.05) is 43.0 Å². The summed E-state index contributed by atoms with van der Waals surface area (Å²) in [7, 11) is 0. The van der Waals surface area contributed by atoms with E-state index in [0.29, 0.717) is 13.1 Å². The van der Waals surface area contributed by atoms with Crippen LogP contribution in [0.1, 0.15) is 25.5 Å². The van der Waals surface area contributed by atoms with Crippen LogP contribution in [-0.4, -0.2) is 34.0 Å². The van der Waals surface area contributed by atoms with Crippen molar-refractivity contribution >= 4 is 16.7 Å². The Morgan fingerprint density at radius 1 is 1.26 bits per heavy atom. The summed E-state index contributed by atoms with van der Waals surface area (Å²) in [5.74, 6) is -0.832. The molecule has 0 bridgehead atoms. The highest BCUT2D eigenvalue weighted by atomic mass is 16.4. The summed E-state index contributed by atoms with van der Waals surface area (Å²) in [6.45, 7) is 5.32. The maximum atomic E-state index is 11.6. The molecule has 1 unspecified atom stereocenters. The number of aromatic nitrogens is 1. The molecule has 100 valence electrons. The molecule has 4 heteroatoms. The Hall–Kier alpha value is -1.94. The molecule has 0 aliphatic carbocycles. The van der Waals surface area contributed by atoms with Gasteiger partial charge in [0.25, 0.3) is 0 Å². The first-order valence-electron chi connectivity index (χ1n) is 6.48. The van der Waals surface area contributed by atoms with Crippen molar-refractivity contribution in [2.24, 2.45) is 0 Å². The number of fused-ring (bicyclic) bond motifs is 1. The number of rotatable bonds is 5. The highest BCUT2D eigenvalue weighted by Crippen LogP contribution is 2.27. The zero-order valence-corrected chi connectivity index (χ0v) is 11.2. The zero-order chi connectivity index (χ0) is 13.8. The first-order chi connectivity index (χ1) is 9.19. The molecule has 0 saturated heterocycles. The van der Waals surface area contributed by atoms with Crippen molar-refractivity contribution in [2.75, 3.05) is 13.1 Å². The number of nitrogens with zero attached hydrogens (tertiary/aromatic N) is 2. The summed E-state index contributed by atoms with van der Waals surface area (Å²) in [6.07, 6.45) is 3.43. The second kappa shape index (κ2) is 5.80. The third-order valence-corrected chi connectivity index (χ3v) is 3.41. The topological polar surface area (TPSA) is 53.4 Å². The second-order valence-corrected chi connectivity index (χ2v) is 4.41. The van der Waals surface area contributed by atoms with Crippen LogP contribution >= 0.6 is 0 Å². The van der Waals surface area contributed by atoms with Gasteiger partial charge in [0.2, 0.25) is 0 Å². The molecule has 0 aliphatic rings. The van der Waals surface area contributed by atoms with Gasteiger partial charge in [-0.1, -0.05) is 38.1 Å². The van der Waals surface area contributed by atoms with Crippen LogP contribution in [0.15, 0.2) is 36.7 Å². The van der Waals surface area contributed by atoms with Crippen LogP contribution in [0.5, 0.6) is 0 Å². The Kier molecular flexibility index (Phi) is 4.12. The SMILES string of the molecule is CCN(CC)C(C(=O)O)c1cncc2ccccc12. The molecule has 0 fully saturated rings. The first kappa shape index (κ1) is 13.5. The molecule has 0 aliphatic heterocycles. The van der Waals surface area contributed by atoms with E-state index in [1.165, 1.54) is 0 Å². The quantitative estimate of drug-likeness (QED) is 0.896. The number of carboxylic acid groups (broad SMARTS) is 1. The van der Waals surface area contributed by atoms with Crippen molar-refractivity contribution in [3.63, 3.8) is 0 Å². The van der Waals surface area contributed by atoms with E-state index >= 15 is 0 Å². The van der Waals surface area contributed by atoms with Gasteiger partial charge in [-0.25, -0.2) is 0 Å². The monoisotopic (exact) mass is 258 g/mol. The number of likely N-dealkylation sites (N-methyl/N-ethyl adjacent to an activating group) is 1. The van der Waals surface area contributed by atoms with Crippen LogP contribution in [0.4, 0.5) is 0 Å². The van der Waals surface area contributed by atoms with Crippen LogP contribution in [0.3, 0.4) is 0 Å². The maximum absolute atomic E-state index is 11.6. The van der Waals surface area contributed by atoms with Crippen molar-refractivity contribution < 1.29 is 9.90 Å². The fourth-order valence-corrected chi connectivity index (χ4v) is 2.43. The van der Waals surface area contributed by atoms with E-state index in [-0.39, 0.29) is 0 Å². The summed E-state index contributed by atoms with van der Waals surface area (Å²) in [5, 5.41) is 11.5. The highest BCUT2D eigenvalue weighted by Gasteiger charge is 2.27. The maximum Gasteiger partial charge on any atom is 0.325 e. The molecule has 2 rings (SSSR count). The van der Waals surface area contributed by atoms with E-state index < -0.39 is 12.0 Å². The third-order valence-electron chi connectivity index (χ3n) is 3.41. The van der Waals surface area contributed by atoms with Crippen LogP contribution in [-0.2, 0) is 4.79 Å². The largest absolute Gasteiger partial charge is 0.480 e. The van der Waals surface area contributed by atoms with E-state index in [1.54, 1.807) is 12.4 Å². The van der Waals surface area contributed by atoms with Crippen molar-refractivity contribution in [1.29, 1.82) is 0 Å². The minimum atomic E-state index is -0.832. The van der Waals surface area contributed by atoms with Gasteiger partial charge in [-0.05, 0) is 18.5 Å². The molecule has 1 aromatic heterocycles. The van der Waals surface area contributed by atoms with Crippen LogP contribution in [0.2, 0.25) is 0 Å². The Balaban J connectivity index is 2.59. The molecular formula is C15H18N2O2. The zero-order valence-electron chi connectivity index (χ0n) is 11.2. The fourth-order valence-electron chi connectivity index (χ4n) is 2.43. The number of pyridine rings is 1. The van der Waals surface area contributed by atoms with Crippen molar-refractivity contribution in [2.45, 2.75) is 19.9 Å². The molecule has 1 heterocycles. The number of benzene rings is 1. The second-order valence-electron chi connectivity index (χ2n) is 4.41. The molecule has 1 N–H and O–H groups in total. The molecule has 19 heavy (non-hydrogen) atoms. The lowest BCUT2D eigenvalue weighted by atomic mass is 10.0. The minimum Gasteiger partial charge on any atom is -0.480 e. The molecule has 0 spiro atoms. The summed E-state index contributed by atoms with van der Waals surface area (Å²) in [5.41, 5.74) is 0.759. The van der Waals surface area contributed by atoms with Gasteiger partial charge < -0.3 is 5.11 Å². The van der Waals surface area contributed by atoms with E-state index in [0.717, 1.165) is 16.3 Å². The average molecular weight is 258 g/mol. The Morgan fingerprint density at radius 2 is 1.95 bits per heavy atom. The van der Waals surface area contributed by atoms with Gasteiger partial charge in [0.1, 0.15) is 6.04 Å². The number of hydrogen-bond donors (Lipinski definition) is 1. The van der Waals surface area contributed by atoms with E-state index in [2.05, 4.69) is 4.98 Å². The van der Waals surface area contributed by atoms with Gasteiger partial charge >= 0.3 is 5.97 Å². The molecule has 2 aromatic rings. The third kappa shape index (κ3) is 2.58. The molecular weight excluding hydrogens is 240 g/mol. The fraction of sp³-hybridized carbons (Fsp3) is 0.333. The summed E-state index contributed by atoms with van der Waals surface area (Å²) in [4.78, 5) is 17.7. The number of aliphatic carboxylic acids is 1. The number of hydrogen-bond acceptors (Lipinski definition) is 3. The van der Waals surface area contributed by atoms with E-state index in [4.69, 9.17) is 0 Å². The molecule has 1 aromatic carbocycles. The normalized spacial score (nSPS) is 12.8. The molecule has 0 saturated carbocycles. The smallest absolute Gasteiger partial charge is 0.325 e. The van der Waals surface area contributed by atoms with Crippen molar-refractivity contribution in [3.8, 4) is 0 Å². The highest BCUT2D eigenvalue weighted by molar-refractivity contribution is 5.89. The Labute approximate surface area is 112 Å². The van der Waals surface area contributed by atoms with Crippen LogP contribution in [0, 0.1) is 0 Å². The Morgan fingerprint density at radius 3 is 2.58 bits per heavy atom. The summed E-state index contributed by atoms with van der Waals surface area (Å²) >= 11 is 0. The summed E-state index contributed by atoms with van der Waals surface area (Å²) < 4.78 is 0. The van der Waals surface area contributed by atoms with Crippen LogP contribution < -0.4 is 0 Å². The Bertz CT molecular complexity index is 574. The molecule has 0 amide bonds. The molecule has 1 atom stereocenters. The van der Waals surface area contributed by atoms with Crippen LogP contribution in [0.25, 0.3) is 10.8 Å². The lowest BCUT2D eigenvalue weighted by Crippen LogP contribution is -2.34. The minimum absolute atomic E-state index is 0.645. The van der Waals surface area contributed by atoms with Crippen molar-refractivity contribution in [1.82, 2.24) is 9.88 Å². The van der Waals surface area contributed by atoms with Gasteiger partial charge in [0.15, 0.2) is 0 Å². The predicted molar refractivity (Wildman–Crippen MR) is 75.0 cm³/mol. The van der Waals surface area contributed by atoms with Gasteiger partial charge in [-0.15, -0.1) is 0 Å². The van der Waals surface area contributed by atoms with Gasteiger partial charge in [0, 0.05) is 23.3 Å². The molecule has 0 radical (unpaired) electrons. The van der Waals surface area contributed by atoms with E-state index in [9.17, 15) is 9.90 Å². The number of carboxylic acids is 1. The molecule has 4 nitrogen and oxygen atoms in total. The lowest BCUT2D eigenvalue weighted by Gasteiger charge is -2.27. The standard InChI is InChI=1S/C15H18N2O2/c1-3-17(4-2)14(15(18)19)13-10-16-9-11-7-5-6-8-12(11)13/h5-10,14H,3-4H2,1-2H3,(H,18,19). The lowest BCUT2D eigenvalue weighted by molar-refractivity contribution is -0.143. The van der Waals surface area contributed by atoms with Gasteiger partial charge in [-0.2, -0.15) is 0 Å².